The van der Waals surface area contributed by atoms with Gasteiger partial charge in [0.15, 0.2) is 0 Å². The molecule has 0 amide bonds. The highest BCUT2D eigenvalue weighted by Gasteiger charge is 2.33. The van der Waals surface area contributed by atoms with Gasteiger partial charge in [0.25, 0.3) is 6.43 Å². The summed E-state index contributed by atoms with van der Waals surface area (Å²) in [5.74, 6) is 0.0946. The lowest BCUT2D eigenvalue weighted by Gasteiger charge is -2.16. The minimum absolute atomic E-state index is 0.0469. The van der Waals surface area contributed by atoms with Crippen LogP contribution in [0.4, 0.5) is 8.78 Å². The van der Waals surface area contributed by atoms with Crippen molar-refractivity contribution in [3.63, 3.8) is 0 Å². The minimum atomic E-state index is -2.55. The molecule has 0 bridgehead atoms. The molecule has 1 aliphatic rings. The maximum atomic E-state index is 12.6. The number of carboxylic acids is 1. The molecule has 2 aromatic rings. The van der Waals surface area contributed by atoms with Crippen LogP contribution >= 0.6 is 0 Å². The van der Waals surface area contributed by atoms with Gasteiger partial charge in [0.05, 0.1) is 5.56 Å². The molecule has 0 radical (unpaired) electrons. The number of carboxylic acid groups (broad SMARTS) is 1. The van der Waals surface area contributed by atoms with Crippen molar-refractivity contribution in [3.05, 3.63) is 53.1 Å². The Morgan fingerprint density at radius 2 is 1.92 bits per heavy atom. The fraction of sp³-hybridized carbons (Fsp3) is 0.278. The molecule has 0 fully saturated rings. The lowest BCUT2D eigenvalue weighted by Crippen LogP contribution is -2.24. The smallest absolute Gasteiger partial charge is 0.335 e. The summed E-state index contributed by atoms with van der Waals surface area (Å²) in [6, 6.07) is 8.32. The molecule has 4 nitrogen and oxygen atoms in total. The highest BCUT2D eigenvalue weighted by Crippen LogP contribution is 2.43. The van der Waals surface area contributed by atoms with Gasteiger partial charge in [0, 0.05) is 17.5 Å². The Morgan fingerprint density at radius 1 is 1.25 bits per heavy atom. The van der Waals surface area contributed by atoms with Crippen LogP contribution in [0, 0.1) is 0 Å². The first-order chi connectivity index (χ1) is 11.2. The van der Waals surface area contributed by atoms with Gasteiger partial charge < -0.3 is 14.6 Å². The predicted molar refractivity (Wildman–Crippen MR) is 83.3 cm³/mol. The molecule has 1 heterocycles. The Labute approximate surface area is 137 Å². The zero-order chi connectivity index (χ0) is 17.5. The largest absolute Gasteiger partial charge is 0.487 e. The summed E-state index contributed by atoms with van der Waals surface area (Å²) >= 11 is 0. The van der Waals surface area contributed by atoms with E-state index in [2.05, 4.69) is 0 Å². The molecule has 0 atom stereocenters. The lowest BCUT2D eigenvalue weighted by molar-refractivity contribution is 0.0695. The van der Waals surface area contributed by atoms with E-state index in [1.165, 1.54) is 36.4 Å². The molecule has 0 aromatic heterocycles. The number of halogens is 2. The van der Waals surface area contributed by atoms with Crippen LogP contribution in [-0.4, -0.2) is 16.7 Å². The van der Waals surface area contributed by atoms with Crippen LogP contribution in [0.2, 0.25) is 0 Å². The number of alkyl halides is 2. The van der Waals surface area contributed by atoms with E-state index in [9.17, 15) is 18.7 Å². The van der Waals surface area contributed by atoms with Gasteiger partial charge in [0.1, 0.15) is 22.8 Å². The Bertz CT molecular complexity index is 782. The molecule has 2 aromatic carbocycles. The first kappa shape index (κ1) is 16.2. The zero-order valence-corrected chi connectivity index (χ0v) is 13.2. The van der Waals surface area contributed by atoms with E-state index in [1.54, 1.807) is 0 Å². The Kier molecular flexibility index (Phi) is 3.91. The number of carbonyl (C=O) groups is 1. The van der Waals surface area contributed by atoms with Crippen molar-refractivity contribution >= 4 is 5.97 Å². The second-order valence-corrected chi connectivity index (χ2v) is 6.27. The molecular formula is C18H16F2O4. The minimum Gasteiger partial charge on any atom is -0.487 e. The molecule has 3 rings (SSSR count). The topological polar surface area (TPSA) is 55.8 Å². The second kappa shape index (κ2) is 5.78. The van der Waals surface area contributed by atoms with Gasteiger partial charge in [-0.3, -0.25) is 0 Å². The molecule has 0 saturated carbocycles. The maximum absolute atomic E-state index is 12.6. The van der Waals surface area contributed by atoms with Crippen LogP contribution < -0.4 is 9.47 Å². The van der Waals surface area contributed by atoms with Crippen molar-refractivity contribution in [1.82, 2.24) is 0 Å². The molecule has 1 N–H and O–H groups in total. The van der Waals surface area contributed by atoms with Gasteiger partial charge in [-0.25, -0.2) is 13.6 Å². The Hall–Kier alpha value is -2.63. The Balaban J connectivity index is 1.97. The van der Waals surface area contributed by atoms with Gasteiger partial charge in [-0.1, -0.05) is 0 Å². The predicted octanol–water partition coefficient (Wildman–Crippen LogP) is 4.83. The van der Waals surface area contributed by atoms with E-state index in [0.717, 1.165) is 5.56 Å². The number of fused-ring (bicyclic) bond motifs is 1. The molecule has 126 valence electrons. The summed E-state index contributed by atoms with van der Waals surface area (Å²) in [5, 5.41) is 9.24. The molecule has 24 heavy (non-hydrogen) atoms. The fourth-order valence-corrected chi connectivity index (χ4v) is 2.67. The first-order valence-electron chi connectivity index (χ1n) is 7.40. The molecule has 6 heteroatoms. The second-order valence-electron chi connectivity index (χ2n) is 6.27. The standard InChI is InChI=1S/C18H16F2O4/c1-18(2)9-13-14(7-11(17(21)22)8-15(13)24-18)23-12-5-3-10(4-6-12)16(19)20/h3-8,16H,9H2,1-2H3,(H,21,22). The van der Waals surface area contributed by atoms with Gasteiger partial charge >= 0.3 is 5.97 Å². The van der Waals surface area contributed by atoms with Crippen LogP contribution in [0.3, 0.4) is 0 Å². The highest BCUT2D eigenvalue weighted by molar-refractivity contribution is 5.89. The average Bonchev–Trinajstić information content (AvgIpc) is 2.82. The van der Waals surface area contributed by atoms with E-state index in [1.807, 2.05) is 13.8 Å². The van der Waals surface area contributed by atoms with E-state index in [0.29, 0.717) is 23.7 Å². The van der Waals surface area contributed by atoms with E-state index in [4.69, 9.17) is 9.47 Å². The van der Waals surface area contributed by atoms with Gasteiger partial charge in [0.2, 0.25) is 0 Å². The number of aromatic carboxylic acids is 1. The van der Waals surface area contributed by atoms with Crippen LogP contribution in [0.1, 0.15) is 41.8 Å². The Morgan fingerprint density at radius 3 is 2.50 bits per heavy atom. The molecule has 1 aliphatic heterocycles. The van der Waals surface area contributed by atoms with Crippen molar-refractivity contribution in [2.75, 3.05) is 0 Å². The number of hydrogen-bond donors (Lipinski definition) is 1. The van der Waals surface area contributed by atoms with Crippen molar-refractivity contribution in [3.8, 4) is 17.2 Å². The third-order valence-electron chi connectivity index (χ3n) is 3.76. The molecular weight excluding hydrogens is 318 g/mol. The van der Waals surface area contributed by atoms with E-state index in [-0.39, 0.29) is 11.1 Å². The summed E-state index contributed by atoms with van der Waals surface area (Å²) in [6.45, 7) is 3.79. The average molecular weight is 334 g/mol. The SMILES string of the molecule is CC1(C)Cc2c(Oc3ccc(C(F)F)cc3)cc(C(=O)O)cc2O1. The third kappa shape index (κ3) is 3.18. The quantitative estimate of drug-likeness (QED) is 0.870. The van der Waals surface area contributed by atoms with E-state index < -0.39 is 18.0 Å². The van der Waals surface area contributed by atoms with Crippen LogP contribution in [0.25, 0.3) is 0 Å². The van der Waals surface area contributed by atoms with Gasteiger partial charge in [-0.2, -0.15) is 0 Å². The number of benzene rings is 2. The molecule has 0 aliphatic carbocycles. The van der Waals surface area contributed by atoms with Crippen molar-refractivity contribution in [2.45, 2.75) is 32.3 Å². The monoisotopic (exact) mass is 334 g/mol. The summed E-state index contributed by atoms with van der Waals surface area (Å²) in [6.07, 6.45) is -1.99. The fourth-order valence-electron chi connectivity index (χ4n) is 2.67. The summed E-state index contributed by atoms with van der Waals surface area (Å²) in [7, 11) is 0. The van der Waals surface area contributed by atoms with Crippen molar-refractivity contribution in [1.29, 1.82) is 0 Å². The summed E-state index contributed by atoms with van der Waals surface area (Å²) in [5.41, 5.74) is 0.252. The first-order valence-corrected chi connectivity index (χ1v) is 7.40. The van der Waals surface area contributed by atoms with Crippen molar-refractivity contribution < 1.29 is 28.2 Å². The van der Waals surface area contributed by atoms with Crippen LogP contribution in [0.15, 0.2) is 36.4 Å². The van der Waals surface area contributed by atoms with Gasteiger partial charge in [-0.05, 0) is 50.2 Å². The summed E-state index contributed by atoms with van der Waals surface area (Å²) in [4.78, 5) is 11.3. The zero-order valence-electron chi connectivity index (χ0n) is 13.2. The molecule has 0 spiro atoms. The normalized spacial score (nSPS) is 15.0. The number of hydrogen-bond acceptors (Lipinski definition) is 3. The molecule has 0 saturated heterocycles. The third-order valence-corrected chi connectivity index (χ3v) is 3.76. The number of ether oxygens (including phenoxy) is 2. The van der Waals surface area contributed by atoms with Crippen molar-refractivity contribution in [2.24, 2.45) is 0 Å². The lowest BCUT2D eigenvalue weighted by atomic mass is 10.00. The highest BCUT2D eigenvalue weighted by atomic mass is 19.3. The molecule has 0 unspecified atom stereocenters. The van der Waals surface area contributed by atoms with Gasteiger partial charge in [-0.15, -0.1) is 0 Å². The number of rotatable bonds is 4. The van der Waals surface area contributed by atoms with E-state index >= 15 is 0 Å². The van der Waals surface area contributed by atoms with Crippen LogP contribution in [0.5, 0.6) is 17.2 Å². The maximum Gasteiger partial charge on any atom is 0.335 e. The van der Waals surface area contributed by atoms with Crippen LogP contribution in [-0.2, 0) is 6.42 Å². The summed E-state index contributed by atoms with van der Waals surface area (Å²) < 4.78 is 36.7.